The summed E-state index contributed by atoms with van der Waals surface area (Å²) in [5, 5.41) is 6.07. The number of hydrogen-bond donors (Lipinski definition) is 2. The summed E-state index contributed by atoms with van der Waals surface area (Å²) < 4.78 is 17.7. The summed E-state index contributed by atoms with van der Waals surface area (Å²) in [6.07, 6.45) is 8.93. The summed E-state index contributed by atoms with van der Waals surface area (Å²) in [5.41, 5.74) is 1.02. The van der Waals surface area contributed by atoms with Gasteiger partial charge in [-0.25, -0.2) is 0 Å². The maximum atomic E-state index is 13.5. The third-order valence-corrected chi connectivity index (χ3v) is 8.60. The van der Waals surface area contributed by atoms with Crippen LogP contribution in [0.2, 0.25) is 0 Å². The molecule has 2 N–H and O–H groups in total. The van der Waals surface area contributed by atoms with Gasteiger partial charge >= 0.3 is 0 Å². The van der Waals surface area contributed by atoms with Crippen LogP contribution in [0.1, 0.15) is 74.6 Å². The summed E-state index contributed by atoms with van der Waals surface area (Å²) in [5.74, 6) is 0.817. The van der Waals surface area contributed by atoms with Gasteiger partial charge in [-0.05, 0) is 62.6 Å². The van der Waals surface area contributed by atoms with Gasteiger partial charge in [-0.3, -0.25) is 14.4 Å². The Morgan fingerprint density at radius 3 is 2.61 bits per heavy atom. The van der Waals surface area contributed by atoms with Crippen molar-refractivity contribution < 1.29 is 28.6 Å². The molecule has 3 atom stereocenters. The highest BCUT2D eigenvalue weighted by molar-refractivity contribution is 6.00. The number of fused-ring (bicyclic) bond motifs is 2. The number of hydrogen-bond acceptors (Lipinski definition) is 6. The lowest BCUT2D eigenvalue weighted by atomic mass is 9.89. The first-order chi connectivity index (χ1) is 18.5. The van der Waals surface area contributed by atoms with Crippen molar-refractivity contribution in [3.05, 3.63) is 23.8 Å². The van der Waals surface area contributed by atoms with Gasteiger partial charge in [-0.15, -0.1) is 0 Å². The maximum absolute atomic E-state index is 13.5. The van der Waals surface area contributed by atoms with Crippen LogP contribution in [0, 0.1) is 11.8 Å². The fourth-order valence-electron chi connectivity index (χ4n) is 6.24. The smallest absolute Gasteiger partial charge is 0.257 e. The summed E-state index contributed by atoms with van der Waals surface area (Å²) >= 11 is 0. The van der Waals surface area contributed by atoms with Gasteiger partial charge in [0.2, 0.25) is 11.8 Å². The molecule has 0 bridgehead atoms. The molecule has 208 valence electrons. The molecule has 3 heterocycles. The van der Waals surface area contributed by atoms with Gasteiger partial charge in [-0.2, -0.15) is 0 Å². The first-order valence-electron chi connectivity index (χ1n) is 14.3. The fourth-order valence-corrected chi connectivity index (χ4v) is 6.24. The van der Waals surface area contributed by atoms with E-state index in [0.29, 0.717) is 68.4 Å². The number of likely N-dealkylation sites (N-methyl/N-ethyl adjacent to an activating group) is 1. The van der Waals surface area contributed by atoms with Gasteiger partial charge < -0.3 is 29.7 Å². The van der Waals surface area contributed by atoms with E-state index in [2.05, 4.69) is 10.6 Å². The van der Waals surface area contributed by atoms with Crippen molar-refractivity contribution in [2.24, 2.45) is 11.8 Å². The zero-order chi connectivity index (χ0) is 26.5. The van der Waals surface area contributed by atoms with E-state index < -0.39 is 0 Å². The third-order valence-electron chi connectivity index (χ3n) is 8.60. The number of benzene rings is 1. The highest BCUT2D eigenvalue weighted by atomic mass is 16.5. The Morgan fingerprint density at radius 1 is 1.03 bits per heavy atom. The lowest BCUT2D eigenvalue weighted by Gasteiger charge is -2.42. The van der Waals surface area contributed by atoms with Crippen LogP contribution in [-0.4, -0.2) is 74.3 Å². The molecule has 1 aliphatic carbocycles. The molecule has 5 rings (SSSR count). The van der Waals surface area contributed by atoms with Gasteiger partial charge in [0, 0.05) is 38.4 Å². The van der Waals surface area contributed by atoms with Crippen LogP contribution in [0.15, 0.2) is 18.2 Å². The molecule has 4 aliphatic rings. The third kappa shape index (κ3) is 6.49. The van der Waals surface area contributed by atoms with Crippen LogP contribution in [-0.2, 0) is 19.1 Å². The molecule has 3 aliphatic heterocycles. The predicted octanol–water partition coefficient (Wildman–Crippen LogP) is 3.52. The second-order valence-electron chi connectivity index (χ2n) is 11.3. The second-order valence-corrected chi connectivity index (χ2v) is 11.3. The Morgan fingerprint density at radius 2 is 1.82 bits per heavy atom. The SMILES string of the molecule is CN1C(=O)c2cc(NC(=O)C3CCOCC3)ccc2OC[C@H]2O[C@@H](CC(=O)NCC3CCCCC3)CC[C@@H]21. The average molecular weight is 528 g/mol. The average Bonchev–Trinajstić information content (AvgIpc) is 2.95. The van der Waals surface area contributed by atoms with Crippen LogP contribution in [0.25, 0.3) is 0 Å². The van der Waals surface area contributed by atoms with Gasteiger partial charge in [0.05, 0.1) is 24.1 Å². The number of nitrogens with one attached hydrogen (secondary N) is 2. The van der Waals surface area contributed by atoms with Gasteiger partial charge in [0.1, 0.15) is 18.5 Å². The Labute approximate surface area is 224 Å². The molecule has 0 unspecified atom stereocenters. The standard InChI is InChI=1S/C29H41N3O6/c1-32-24-9-8-22(16-27(33)30-17-19-5-3-2-4-6-19)38-26(24)18-37-25-10-7-21(15-23(25)29(32)35)31-28(34)20-11-13-36-14-12-20/h7,10,15,19-20,22,24,26H,2-6,8-9,11-14,16-18H2,1H3,(H,30,33)(H,31,34)/t22-,24+,26-/m1/s1. The van der Waals surface area contributed by atoms with E-state index >= 15 is 0 Å². The predicted molar refractivity (Wildman–Crippen MR) is 142 cm³/mol. The van der Waals surface area contributed by atoms with Crippen LogP contribution >= 0.6 is 0 Å². The Kier molecular flexibility index (Phi) is 8.84. The van der Waals surface area contributed by atoms with Gasteiger partial charge in [0.15, 0.2) is 0 Å². The molecule has 1 saturated carbocycles. The highest BCUT2D eigenvalue weighted by Crippen LogP contribution is 2.33. The van der Waals surface area contributed by atoms with Crippen LogP contribution in [0.5, 0.6) is 5.75 Å². The highest BCUT2D eigenvalue weighted by Gasteiger charge is 2.39. The largest absolute Gasteiger partial charge is 0.490 e. The molecular formula is C29H41N3O6. The number of ether oxygens (including phenoxy) is 3. The van der Waals surface area contributed by atoms with E-state index in [0.717, 1.165) is 13.0 Å². The monoisotopic (exact) mass is 527 g/mol. The van der Waals surface area contributed by atoms with Crippen molar-refractivity contribution in [2.45, 2.75) is 82.5 Å². The lowest BCUT2D eigenvalue weighted by Crippen LogP contribution is -2.54. The van der Waals surface area contributed by atoms with Crippen molar-refractivity contribution in [3.63, 3.8) is 0 Å². The van der Waals surface area contributed by atoms with Crippen molar-refractivity contribution in [2.75, 3.05) is 38.7 Å². The first kappa shape index (κ1) is 26.9. The number of rotatable bonds is 6. The zero-order valence-electron chi connectivity index (χ0n) is 22.4. The Hall–Kier alpha value is -2.65. The summed E-state index contributed by atoms with van der Waals surface area (Å²) in [7, 11) is 1.79. The fraction of sp³-hybridized carbons (Fsp3) is 0.690. The normalized spacial score (nSPS) is 26.8. The van der Waals surface area contributed by atoms with Crippen molar-refractivity contribution in [3.8, 4) is 5.75 Å². The summed E-state index contributed by atoms with van der Waals surface area (Å²) in [6, 6.07) is 5.07. The summed E-state index contributed by atoms with van der Waals surface area (Å²) in [4.78, 5) is 40.5. The van der Waals surface area contributed by atoms with E-state index in [-0.39, 0.29) is 41.9 Å². The number of anilines is 1. The van der Waals surface area contributed by atoms with Gasteiger partial charge in [0.25, 0.3) is 5.91 Å². The number of amides is 3. The second kappa shape index (κ2) is 12.5. The maximum Gasteiger partial charge on any atom is 0.257 e. The quantitative estimate of drug-likeness (QED) is 0.587. The Balaban J connectivity index is 1.18. The topological polar surface area (TPSA) is 106 Å². The minimum Gasteiger partial charge on any atom is -0.490 e. The molecule has 1 aromatic carbocycles. The molecule has 0 radical (unpaired) electrons. The summed E-state index contributed by atoms with van der Waals surface area (Å²) in [6.45, 7) is 2.24. The van der Waals surface area contributed by atoms with Crippen molar-refractivity contribution in [1.82, 2.24) is 10.2 Å². The van der Waals surface area contributed by atoms with Crippen molar-refractivity contribution >= 4 is 23.4 Å². The molecule has 38 heavy (non-hydrogen) atoms. The van der Waals surface area contributed by atoms with Gasteiger partial charge in [-0.1, -0.05) is 19.3 Å². The minimum absolute atomic E-state index is 0.0379. The number of carbonyl (C=O) groups is 3. The van der Waals surface area contributed by atoms with E-state index in [1.54, 1.807) is 30.1 Å². The molecule has 1 aromatic rings. The molecule has 2 saturated heterocycles. The molecule has 9 heteroatoms. The molecule has 0 aromatic heterocycles. The van der Waals surface area contributed by atoms with Crippen LogP contribution < -0.4 is 15.4 Å². The molecular weight excluding hydrogens is 486 g/mol. The number of nitrogens with zero attached hydrogens (tertiary/aromatic N) is 1. The van der Waals surface area contributed by atoms with E-state index in [1.807, 2.05) is 0 Å². The molecule has 3 amide bonds. The lowest BCUT2D eigenvalue weighted by molar-refractivity contribution is -0.134. The molecule has 9 nitrogen and oxygen atoms in total. The van der Waals surface area contributed by atoms with E-state index in [1.165, 1.54) is 32.1 Å². The van der Waals surface area contributed by atoms with Crippen LogP contribution in [0.4, 0.5) is 5.69 Å². The number of carbonyl (C=O) groups excluding carboxylic acids is 3. The Bertz CT molecular complexity index is 1000. The molecule has 0 spiro atoms. The van der Waals surface area contributed by atoms with Crippen molar-refractivity contribution in [1.29, 1.82) is 0 Å². The minimum atomic E-state index is -0.310. The van der Waals surface area contributed by atoms with E-state index in [9.17, 15) is 14.4 Å². The van der Waals surface area contributed by atoms with Crippen LogP contribution in [0.3, 0.4) is 0 Å². The first-order valence-corrected chi connectivity index (χ1v) is 14.3. The van der Waals surface area contributed by atoms with E-state index in [4.69, 9.17) is 14.2 Å². The zero-order valence-corrected chi connectivity index (χ0v) is 22.4. The molecule has 3 fully saturated rings.